The predicted octanol–water partition coefficient (Wildman–Crippen LogP) is 3.65. The van der Waals surface area contributed by atoms with Gasteiger partial charge in [-0.25, -0.2) is 9.40 Å². The third-order valence-electron chi connectivity index (χ3n) is 5.67. The van der Waals surface area contributed by atoms with Gasteiger partial charge in [0, 0.05) is 39.8 Å². The maximum atomic E-state index is 13.0. The molecule has 0 bridgehead atoms. The Labute approximate surface area is 234 Å². The summed E-state index contributed by atoms with van der Waals surface area (Å²) in [7, 11) is 3.69. The van der Waals surface area contributed by atoms with E-state index in [0.717, 1.165) is 18.5 Å². The molecule has 0 fully saturated rings. The van der Waals surface area contributed by atoms with Crippen molar-refractivity contribution in [1.29, 1.82) is 0 Å². The van der Waals surface area contributed by atoms with Gasteiger partial charge in [-0.15, -0.1) is 0 Å². The summed E-state index contributed by atoms with van der Waals surface area (Å²) in [5.74, 6) is -0.529. The van der Waals surface area contributed by atoms with Crippen LogP contribution < -0.4 is 10.6 Å². The summed E-state index contributed by atoms with van der Waals surface area (Å²) in [6.07, 6.45) is 4.12. The zero-order valence-corrected chi connectivity index (χ0v) is 24.6. The summed E-state index contributed by atoms with van der Waals surface area (Å²) < 4.78 is 13.0. The Morgan fingerprint density at radius 3 is 1.95 bits per heavy atom. The zero-order valence-electron chi connectivity index (χ0n) is 24.6. The van der Waals surface area contributed by atoms with Crippen molar-refractivity contribution in [1.82, 2.24) is 25.6 Å². The fourth-order valence-corrected chi connectivity index (χ4v) is 3.29. The lowest BCUT2D eigenvalue weighted by Crippen LogP contribution is -2.48. The van der Waals surface area contributed by atoms with E-state index in [9.17, 15) is 18.8 Å². The molecule has 0 aromatic heterocycles. The number of rotatable bonds is 15. The minimum absolute atomic E-state index is 0.0711. The first-order valence-corrected chi connectivity index (χ1v) is 13.6. The molecule has 3 amide bonds. The standard InChI is InChI=1S/C17H25FN4O3.C10H15N.C3H8/c1-3-20(2)22(14-24)12-17(25)21(11-9-19-13-23)10-8-15-4-6-16(18)7-5-15;1-3-9-4-6-10(7-5-9)8-11-2;1-3-2/h4-7,13-14H,3,8-12H2,1-2H3,(H,19,23);4-7,11H,3,8H2,1-2H3;3H2,1-2H3. The van der Waals surface area contributed by atoms with Crippen LogP contribution in [0.4, 0.5) is 4.39 Å². The van der Waals surface area contributed by atoms with Gasteiger partial charge in [0.05, 0.1) is 0 Å². The molecule has 2 rings (SSSR count). The minimum Gasteiger partial charge on any atom is -0.357 e. The predicted molar refractivity (Wildman–Crippen MR) is 156 cm³/mol. The third-order valence-corrected chi connectivity index (χ3v) is 5.67. The van der Waals surface area contributed by atoms with Crippen LogP contribution in [0.25, 0.3) is 0 Å². The van der Waals surface area contributed by atoms with Crippen LogP contribution in [0.5, 0.6) is 0 Å². The van der Waals surface area contributed by atoms with Gasteiger partial charge in [0.2, 0.25) is 18.7 Å². The lowest BCUT2D eigenvalue weighted by Gasteiger charge is -2.30. The number of amides is 3. The number of carbonyl (C=O) groups excluding carboxylic acids is 3. The topological polar surface area (TPSA) is 85.0 Å². The molecule has 2 aromatic rings. The average molecular weight is 546 g/mol. The summed E-state index contributed by atoms with van der Waals surface area (Å²) in [6.45, 7) is 10.9. The second-order valence-corrected chi connectivity index (χ2v) is 8.91. The van der Waals surface area contributed by atoms with Crippen molar-refractivity contribution in [2.24, 2.45) is 0 Å². The van der Waals surface area contributed by atoms with Crippen LogP contribution in [0.1, 0.15) is 50.8 Å². The number of halogens is 1. The summed E-state index contributed by atoms with van der Waals surface area (Å²) in [4.78, 5) is 35.7. The number of hydrazine groups is 1. The monoisotopic (exact) mass is 545 g/mol. The van der Waals surface area contributed by atoms with E-state index in [0.29, 0.717) is 45.4 Å². The van der Waals surface area contributed by atoms with Crippen LogP contribution >= 0.6 is 0 Å². The van der Waals surface area contributed by atoms with Gasteiger partial charge in [-0.2, -0.15) is 0 Å². The fraction of sp³-hybridized carbons (Fsp3) is 0.500. The maximum Gasteiger partial charge on any atom is 0.243 e. The first kappa shape index (κ1) is 35.7. The van der Waals surface area contributed by atoms with Crippen molar-refractivity contribution in [2.75, 3.05) is 46.8 Å². The second-order valence-electron chi connectivity index (χ2n) is 8.91. The Morgan fingerprint density at radius 2 is 1.46 bits per heavy atom. The first-order valence-electron chi connectivity index (χ1n) is 13.6. The third kappa shape index (κ3) is 16.3. The van der Waals surface area contributed by atoms with Crippen molar-refractivity contribution in [2.45, 2.75) is 53.5 Å². The second kappa shape index (κ2) is 22.7. The van der Waals surface area contributed by atoms with Crippen LogP contribution in [-0.4, -0.2) is 80.5 Å². The maximum absolute atomic E-state index is 13.0. The number of nitrogens with one attached hydrogen (secondary N) is 2. The highest BCUT2D eigenvalue weighted by Crippen LogP contribution is 2.06. The Hall–Kier alpha value is -3.30. The van der Waals surface area contributed by atoms with E-state index in [1.54, 1.807) is 29.1 Å². The summed E-state index contributed by atoms with van der Waals surface area (Å²) in [5.41, 5.74) is 3.66. The Morgan fingerprint density at radius 1 is 0.897 bits per heavy atom. The van der Waals surface area contributed by atoms with E-state index in [1.807, 2.05) is 14.0 Å². The van der Waals surface area contributed by atoms with E-state index in [2.05, 4.69) is 55.7 Å². The van der Waals surface area contributed by atoms with E-state index in [-0.39, 0.29) is 18.3 Å². The van der Waals surface area contributed by atoms with Gasteiger partial charge in [-0.05, 0) is 48.7 Å². The van der Waals surface area contributed by atoms with E-state index < -0.39 is 0 Å². The highest BCUT2D eigenvalue weighted by molar-refractivity contribution is 5.80. The molecule has 2 aromatic carbocycles. The summed E-state index contributed by atoms with van der Waals surface area (Å²) >= 11 is 0. The van der Waals surface area contributed by atoms with Crippen LogP contribution in [0.3, 0.4) is 0 Å². The molecule has 0 atom stereocenters. The fourth-order valence-electron chi connectivity index (χ4n) is 3.29. The summed E-state index contributed by atoms with van der Waals surface area (Å²) in [5, 5.41) is 8.60. The van der Waals surface area contributed by atoms with E-state index >= 15 is 0 Å². The molecule has 0 aliphatic carbocycles. The molecule has 0 aliphatic rings. The van der Waals surface area contributed by atoms with Gasteiger partial charge < -0.3 is 15.5 Å². The largest absolute Gasteiger partial charge is 0.357 e. The van der Waals surface area contributed by atoms with E-state index in [1.165, 1.54) is 34.7 Å². The molecule has 0 aliphatic heterocycles. The molecule has 0 spiro atoms. The zero-order chi connectivity index (χ0) is 29.5. The van der Waals surface area contributed by atoms with Gasteiger partial charge in [-0.1, -0.05) is 70.5 Å². The van der Waals surface area contributed by atoms with Gasteiger partial charge in [0.25, 0.3) is 0 Å². The number of hydrogen-bond acceptors (Lipinski definition) is 5. The number of benzene rings is 2. The molecule has 9 heteroatoms. The Balaban J connectivity index is 0.000000849. The van der Waals surface area contributed by atoms with Crippen molar-refractivity contribution in [3.63, 3.8) is 0 Å². The van der Waals surface area contributed by atoms with Gasteiger partial charge in [-0.3, -0.25) is 19.4 Å². The van der Waals surface area contributed by atoms with Crippen molar-refractivity contribution >= 4 is 18.7 Å². The lowest BCUT2D eigenvalue weighted by molar-refractivity contribution is -0.145. The van der Waals surface area contributed by atoms with E-state index in [4.69, 9.17) is 0 Å². The molecule has 8 nitrogen and oxygen atoms in total. The SMILES string of the molecule is CCC.CCN(C)N(C=O)CC(=O)N(CCNC=O)CCc1ccc(F)cc1.CCc1ccc(CNC)cc1. The van der Waals surface area contributed by atoms with Crippen molar-refractivity contribution in [3.05, 3.63) is 71.0 Å². The highest BCUT2D eigenvalue weighted by Gasteiger charge is 2.18. The number of aryl methyl sites for hydroxylation is 1. The molecule has 0 heterocycles. The van der Waals surface area contributed by atoms with Gasteiger partial charge in [0.15, 0.2) is 0 Å². The molecule has 0 unspecified atom stereocenters. The number of hydrogen-bond donors (Lipinski definition) is 2. The molecular weight excluding hydrogens is 497 g/mol. The van der Waals surface area contributed by atoms with Crippen LogP contribution in [0.2, 0.25) is 0 Å². The normalized spacial score (nSPS) is 9.95. The quantitative estimate of drug-likeness (QED) is 0.203. The van der Waals surface area contributed by atoms with Crippen LogP contribution in [-0.2, 0) is 33.8 Å². The molecule has 218 valence electrons. The molecular formula is C30H48FN5O3. The van der Waals surface area contributed by atoms with Crippen LogP contribution in [0, 0.1) is 5.82 Å². The molecule has 0 saturated carbocycles. The molecule has 39 heavy (non-hydrogen) atoms. The first-order chi connectivity index (χ1) is 18.8. The van der Waals surface area contributed by atoms with Gasteiger partial charge >= 0.3 is 0 Å². The average Bonchev–Trinajstić information content (AvgIpc) is 2.95. The summed E-state index contributed by atoms with van der Waals surface area (Å²) in [6, 6.07) is 14.8. The van der Waals surface area contributed by atoms with Gasteiger partial charge in [0.1, 0.15) is 12.4 Å². The molecule has 2 N–H and O–H groups in total. The Kier molecular flexibility index (Phi) is 20.7. The smallest absolute Gasteiger partial charge is 0.243 e. The minimum atomic E-state index is -0.309. The Bertz CT molecular complexity index is 910. The molecule has 0 saturated heterocycles. The van der Waals surface area contributed by atoms with Crippen molar-refractivity contribution in [3.8, 4) is 0 Å². The highest BCUT2D eigenvalue weighted by atomic mass is 19.1. The van der Waals surface area contributed by atoms with Crippen LogP contribution in [0.15, 0.2) is 48.5 Å². The van der Waals surface area contributed by atoms with Crippen molar-refractivity contribution < 1.29 is 18.8 Å². The number of carbonyl (C=O) groups is 3. The number of nitrogens with zero attached hydrogens (tertiary/aromatic N) is 3. The lowest BCUT2D eigenvalue weighted by atomic mass is 10.1. The molecule has 0 radical (unpaired) electrons.